The van der Waals surface area contributed by atoms with Crippen molar-refractivity contribution in [3.63, 3.8) is 0 Å². The Morgan fingerprint density at radius 2 is 1.95 bits per heavy atom. The van der Waals surface area contributed by atoms with Crippen molar-refractivity contribution in [3.05, 3.63) is 93.2 Å². The first-order chi connectivity index (χ1) is 20.0. The van der Waals surface area contributed by atoms with E-state index in [1.807, 2.05) is 0 Å². The molecule has 2 saturated heterocycles. The fourth-order valence-corrected chi connectivity index (χ4v) is 7.87. The number of aromatic nitrogens is 1. The van der Waals surface area contributed by atoms with Crippen molar-refractivity contribution in [1.82, 2.24) is 14.6 Å². The lowest BCUT2D eigenvalue weighted by Crippen LogP contribution is -2.57. The Kier molecular flexibility index (Phi) is 9.46. The summed E-state index contributed by atoms with van der Waals surface area (Å²) >= 11 is 12.0. The summed E-state index contributed by atoms with van der Waals surface area (Å²) in [7, 11) is -3.40. The molecular weight excluding hydrogens is 607 g/mol. The summed E-state index contributed by atoms with van der Waals surface area (Å²) in [6, 6.07) is 8.59. The maximum Gasteiger partial charge on any atom is 0.242 e. The predicted octanol–water partition coefficient (Wildman–Crippen LogP) is 4.46. The largest absolute Gasteiger partial charge is 0.324 e. The lowest BCUT2D eigenvalue weighted by molar-refractivity contribution is -0.117. The van der Waals surface area contributed by atoms with Gasteiger partial charge in [-0.25, -0.2) is 17.2 Å². The van der Waals surface area contributed by atoms with Crippen LogP contribution in [0.25, 0.3) is 0 Å². The highest BCUT2D eigenvalue weighted by Gasteiger charge is 2.38. The quantitative estimate of drug-likeness (QED) is 0.336. The Morgan fingerprint density at radius 3 is 2.71 bits per heavy atom. The Labute approximate surface area is 253 Å². The van der Waals surface area contributed by atoms with Crippen LogP contribution in [0, 0.1) is 11.6 Å². The first-order valence-corrected chi connectivity index (χ1v) is 16.0. The van der Waals surface area contributed by atoms with Gasteiger partial charge in [-0.1, -0.05) is 35.3 Å². The standard InChI is InChI=1S/C29H31Cl2F2N5O3S/c30-19-11-18(13-35-14-19)27(17-6-9-23(31)25(33)12-17)28(34)29(39)37-26-5-1-4-24(32)22(26)8-7-21-15-36-20-3-2-10-42(40,41)38(21)16-20/h1,4-6,9,11-14,20-21,27-28,36H,2-3,7-8,10,15-16,34H2,(H,37,39)/t20?,21?,27-,28-/m0/s1. The summed E-state index contributed by atoms with van der Waals surface area (Å²) < 4.78 is 56.8. The number of sulfonamides is 1. The molecule has 4 N–H and O–H groups in total. The first kappa shape index (κ1) is 30.8. The number of nitrogens with two attached hydrogens (primary N) is 1. The molecule has 5 rings (SSSR count). The van der Waals surface area contributed by atoms with Gasteiger partial charge in [0.15, 0.2) is 0 Å². The Balaban J connectivity index is 1.38. The maximum atomic E-state index is 15.1. The fourth-order valence-electron chi connectivity index (χ4n) is 5.76. The van der Waals surface area contributed by atoms with Crippen LogP contribution in [0.5, 0.6) is 0 Å². The van der Waals surface area contributed by atoms with E-state index < -0.39 is 39.5 Å². The number of nitrogens with one attached hydrogen (secondary N) is 2. The van der Waals surface area contributed by atoms with Crippen LogP contribution in [0.3, 0.4) is 0 Å². The number of pyridine rings is 1. The number of benzene rings is 2. The van der Waals surface area contributed by atoms with Crippen LogP contribution < -0.4 is 16.4 Å². The Morgan fingerprint density at radius 1 is 1.14 bits per heavy atom. The minimum Gasteiger partial charge on any atom is -0.324 e. The lowest BCUT2D eigenvalue weighted by atomic mass is 9.85. The molecule has 2 aliphatic heterocycles. The van der Waals surface area contributed by atoms with Crippen LogP contribution in [0.15, 0.2) is 54.9 Å². The van der Waals surface area contributed by atoms with Gasteiger partial charge in [-0.3, -0.25) is 9.78 Å². The second kappa shape index (κ2) is 12.9. The number of amides is 1. The third-order valence-corrected chi connectivity index (χ3v) is 10.4. The van der Waals surface area contributed by atoms with E-state index in [0.29, 0.717) is 42.1 Å². The van der Waals surface area contributed by atoms with Gasteiger partial charge in [-0.2, -0.15) is 4.31 Å². The molecule has 224 valence electrons. The molecule has 0 radical (unpaired) electrons. The zero-order valence-electron chi connectivity index (χ0n) is 22.6. The van der Waals surface area contributed by atoms with Gasteiger partial charge in [0.2, 0.25) is 15.9 Å². The number of nitrogens with zero attached hydrogens (tertiary/aromatic N) is 2. The molecule has 2 fully saturated rings. The van der Waals surface area contributed by atoms with E-state index in [2.05, 4.69) is 15.6 Å². The van der Waals surface area contributed by atoms with Crippen molar-refractivity contribution in [1.29, 1.82) is 0 Å². The zero-order valence-corrected chi connectivity index (χ0v) is 24.9. The SMILES string of the molecule is N[C@H](C(=O)Nc1cccc(F)c1CCC1CNC2CCCS(=O)(=O)N1C2)[C@H](c1cncc(Cl)c1)c1ccc(Cl)c(F)c1. The number of fused-ring (bicyclic) bond motifs is 2. The molecule has 3 aromatic rings. The predicted molar refractivity (Wildman–Crippen MR) is 159 cm³/mol. The summed E-state index contributed by atoms with van der Waals surface area (Å²) in [4.78, 5) is 17.6. The number of rotatable bonds is 8. The molecule has 2 bridgehead atoms. The van der Waals surface area contributed by atoms with Gasteiger partial charge < -0.3 is 16.4 Å². The molecule has 0 spiro atoms. The van der Waals surface area contributed by atoms with Crippen molar-refractivity contribution in [2.45, 2.75) is 49.7 Å². The van der Waals surface area contributed by atoms with Gasteiger partial charge in [0.05, 0.1) is 21.8 Å². The molecule has 3 unspecified atom stereocenters. The molecule has 0 saturated carbocycles. The molecule has 5 atom stereocenters. The molecule has 1 amide bonds. The van der Waals surface area contributed by atoms with Gasteiger partial charge in [0, 0.05) is 54.7 Å². The Bertz CT molecular complexity index is 1580. The van der Waals surface area contributed by atoms with Crippen molar-refractivity contribution >= 4 is 44.8 Å². The summed E-state index contributed by atoms with van der Waals surface area (Å²) in [5.41, 5.74) is 7.80. The van der Waals surface area contributed by atoms with Crippen LogP contribution in [-0.4, -0.2) is 60.6 Å². The van der Waals surface area contributed by atoms with Crippen molar-refractivity contribution < 1.29 is 22.0 Å². The van der Waals surface area contributed by atoms with Crippen LogP contribution >= 0.6 is 23.2 Å². The summed E-state index contributed by atoms with van der Waals surface area (Å²) in [5.74, 6) is -2.60. The van der Waals surface area contributed by atoms with Crippen molar-refractivity contribution in [2.24, 2.45) is 5.73 Å². The molecule has 42 heavy (non-hydrogen) atoms. The van der Waals surface area contributed by atoms with Crippen LogP contribution in [0.2, 0.25) is 10.0 Å². The highest BCUT2D eigenvalue weighted by Crippen LogP contribution is 2.32. The molecule has 2 aliphatic rings. The van der Waals surface area contributed by atoms with Gasteiger partial charge in [0.25, 0.3) is 0 Å². The van der Waals surface area contributed by atoms with E-state index >= 15 is 4.39 Å². The van der Waals surface area contributed by atoms with Gasteiger partial charge in [-0.15, -0.1) is 0 Å². The third kappa shape index (κ3) is 6.77. The average Bonchev–Trinajstić information content (AvgIpc) is 3.06. The molecule has 13 heteroatoms. The molecular formula is C29H31Cl2F2N5O3S. The molecule has 1 aromatic heterocycles. The van der Waals surface area contributed by atoms with E-state index in [1.165, 1.54) is 36.7 Å². The number of halogens is 4. The number of piperazine rings is 1. The average molecular weight is 639 g/mol. The van der Waals surface area contributed by atoms with Crippen molar-refractivity contribution in [3.8, 4) is 0 Å². The maximum absolute atomic E-state index is 15.1. The molecule has 0 aliphatic carbocycles. The highest BCUT2D eigenvalue weighted by atomic mass is 35.5. The monoisotopic (exact) mass is 637 g/mol. The summed E-state index contributed by atoms with van der Waals surface area (Å²) in [6.07, 6.45) is 4.85. The lowest BCUT2D eigenvalue weighted by Gasteiger charge is -2.37. The van der Waals surface area contributed by atoms with Crippen LogP contribution in [0.1, 0.15) is 41.9 Å². The van der Waals surface area contributed by atoms with Gasteiger partial charge in [0.1, 0.15) is 11.6 Å². The van der Waals surface area contributed by atoms with Crippen LogP contribution in [0.4, 0.5) is 14.5 Å². The molecule has 3 heterocycles. The summed E-state index contributed by atoms with van der Waals surface area (Å²) in [5, 5.41) is 6.38. The van der Waals surface area contributed by atoms with E-state index in [1.54, 1.807) is 22.5 Å². The van der Waals surface area contributed by atoms with Crippen molar-refractivity contribution in [2.75, 3.05) is 24.2 Å². The number of anilines is 1. The van der Waals surface area contributed by atoms with Gasteiger partial charge in [-0.05, 0) is 67.1 Å². The van der Waals surface area contributed by atoms with E-state index in [0.717, 1.165) is 6.42 Å². The van der Waals surface area contributed by atoms with E-state index in [-0.39, 0.29) is 40.5 Å². The number of carbonyl (C=O) groups is 1. The number of hydrogen-bond acceptors (Lipinski definition) is 6. The first-order valence-electron chi connectivity index (χ1n) is 13.7. The highest BCUT2D eigenvalue weighted by molar-refractivity contribution is 7.89. The normalized spacial score (nSPS) is 23.0. The molecule has 8 nitrogen and oxygen atoms in total. The van der Waals surface area contributed by atoms with Crippen LogP contribution in [-0.2, 0) is 21.2 Å². The second-order valence-corrected chi connectivity index (χ2v) is 13.6. The fraction of sp³-hybridized carbons (Fsp3) is 0.379. The smallest absolute Gasteiger partial charge is 0.242 e. The molecule has 2 aromatic carbocycles. The minimum atomic E-state index is -3.40. The summed E-state index contributed by atoms with van der Waals surface area (Å²) in [6.45, 7) is 0.867. The number of hydrogen-bond donors (Lipinski definition) is 3. The zero-order chi connectivity index (χ0) is 30.0. The van der Waals surface area contributed by atoms with E-state index in [4.69, 9.17) is 28.9 Å². The van der Waals surface area contributed by atoms with E-state index in [9.17, 15) is 17.6 Å². The topological polar surface area (TPSA) is 117 Å². The van der Waals surface area contributed by atoms with Gasteiger partial charge >= 0.3 is 0 Å². The third-order valence-electron chi connectivity index (χ3n) is 7.92. The second-order valence-electron chi connectivity index (χ2n) is 10.7. The number of carbonyl (C=O) groups excluding carboxylic acids is 1. The Hall–Kier alpha value is -2.67. The minimum absolute atomic E-state index is 0.0826.